The Balaban J connectivity index is 1.81. The number of nitrogens with zero attached hydrogens (tertiary/aromatic N) is 2. The Bertz CT molecular complexity index is 961. The normalized spacial score (nSPS) is 11.1. The zero-order valence-electron chi connectivity index (χ0n) is 17.1. The first-order valence-corrected chi connectivity index (χ1v) is 9.49. The van der Waals surface area contributed by atoms with Crippen LogP contribution in [-0.4, -0.2) is 9.97 Å². The summed E-state index contributed by atoms with van der Waals surface area (Å²) in [7, 11) is 0. The molecule has 0 unspecified atom stereocenters. The summed E-state index contributed by atoms with van der Waals surface area (Å²) in [6.45, 7) is 13.2. The van der Waals surface area contributed by atoms with Crippen LogP contribution in [0, 0.1) is 27.7 Å². The summed E-state index contributed by atoms with van der Waals surface area (Å²) in [6.07, 6.45) is 1.89. The second-order valence-electron chi connectivity index (χ2n) is 7.52. The Morgan fingerprint density at radius 2 is 1.74 bits per heavy atom. The molecule has 0 aliphatic carbocycles. The van der Waals surface area contributed by atoms with Gasteiger partial charge in [0.2, 0.25) is 0 Å². The lowest BCUT2D eigenvalue weighted by Gasteiger charge is -2.14. The summed E-state index contributed by atoms with van der Waals surface area (Å²) in [4.78, 5) is 9.34. The maximum absolute atomic E-state index is 6.10. The second-order valence-corrected chi connectivity index (χ2v) is 7.52. The van der Waals surface area contributed by atoms with E-state index < -0.39 is 0 Å². The molecule has 3 rings (SSSR count). The van der Waals surface area contributed by atoms with Gasteiger partial charge in [0.05, 0.1) is 0 Å². The van der Waals surface area contributed by atoms with E-state index in [1.807, 2.05) is 13.1 Å². The molecule has 3 nitrogen and oxygen atoms in total. The van der Waals surface area contributed by atoms with Gasteiger partial charge in [0.15, 0.2) is 5.82 Å². The highest BCUT2D eigenvalue weighted by Crippen LogP contribution is 2.26. The van der Waals surface area contributed by atoms with Crippen molar-refractivity contribution in [2.75, 3.05) is 0 Å². The zero-order valence-corrected chi connectivity index (χ0v) is 17.1. The van der Waals surface area contributed by atoms with Gasteiger partial charge in [0, 0.05) is 23.0 Å². The third-order valence-corrected chi connectivity index (χ3v) is 5.19. The topological polar surface area (TPSA) is 35.0 Å². The standard InChI is InChI=1S/C24H28N2O/c1-15(2)20-11-10-17(4)23(12-20)27-14-21-13-25-24(26-19(21)6)22-9-7-8-16(3)18(22)5/h7-13,15H,14H2,1-6H3. The minimum absolute atomic E-state index is 0.474. The Morgan fingerprint density at radius 1 is 0.963 bits per heavy atom. The van der Waals surface area contributed by atoms with Crippen molar-refractivity contribution in [3.63, 3.8) is 0 Å². The van der Waals surface area contributed by atoms with Gasteiger partial charge in [-0.25, -0.2) is 9.97 Å². The largest absolute Gasteiger partial charge is 0.488 e. The van der Waals surface area contributed by atoms with Crippen LogP contribution in [0.25, 0.3) is 11.4 Å². The van der Waals surface area contributed by atoms with Crippen molar-refractivity contribution in [2.24, 2.45) is 0 Å². The summed E-state index contributed by atoms with van der Waals surface area (Å²) in [5, 5.41) is 0. The highest BCUT2D eigenvalue weighted by atomic mass is 16.5. The molecule has 0 amide bonds. The van der Waals surface area contributed by atoms with Crippen LogP contribution in [0.4, 0.5) is 0 Å². The molecular weight excluding hydrogens is 332 g/mol. The van der Waals surface area contributed by atoms with Crippen molar-refractivity contribution in [3.8, 4) is 17.1 Å². The molecule has 3 aromatic rings. The molecule has 0 saturated carbocycles. The van der Waals surface area contributed by atoms with Crippen molar-refractivity contribution in [2.45, 2.75) is 54.1 Å². The van der Waals surface area contributed by atoms with E-state index in [4.69, 9.17) is 9.72 Å². The fourth-order valence-corrected chi connectivity index (χ4v) is 3.04. The maximum atomic E-state index is 6.10. The van der Waals surface area contributed by atoms with E-state index in [1.54, 1.807) is 0 Å². The number of hydrogen-bond donors (Lipinski definition) is 0. The molecule has 1 aromatic heterocycles. The summed E-state index contributed by atoms with van der Waals surface area (Å²) < 4.78 is 6.10. The number of ether oxygens (including phenoxy) is 1. The van der Waals surface area contributed by atoms with Gasteiger partial charge in [0.25, 0.3) is 0 Å². The van der Waals surface area contributed by atoms with E-state index in [-0.39, 0.29) is 0 Å². The van der Waals surface area contributed by atoms with Crippen LogP contribution < -0.4 is 4.74 Å². The molecule has 0 aliphatic heterocycles. The zero-order chi connectivity index (χ0) is 19.6. The lowest BCUT2D eigenvalue weighted by Crippen LogP contribution is -2.04. The average molecular weight is 361 g/mol. The Hall–Kier alpha value is -2.68. The summed E-state index contributed by atoms with van der Waals surface area (Å²) >= 11 is 0. The molecule has 0 atom stereocenters. The van der Waals surface area contributed by atoms with E-state index in [0.717, 1.165) is 34.0 Å². The van der Waals surface area contributed by atoms with E-state index in [1.165, 1.54) is 16.7 Å². The average Bonchev–Trinajstić information content (AvgIpc) is 2.64. The van der Waals surface area contributed by atoms with Gasteiger partial charge < -0.3 is 4.74 Å². The predicted molar refractivity (Wildman–Crippen MR) is 111 cm³/mol. The first kappa shape index (κ1) is 19.1. The van der Waals surface area contributed by atoms with Crippen LogP contribution in [0.2, 0.25) is 0 Å². The van der Waals surface area contributed by atoms with Gasteiger partial charge in [-0.3, -0.25) is 0 Å². The first-order chi connectivity index (χ1) is 12.9. The molecule has 0 spiro atoms. The lowest BCUT2D eigenvalue weighted by atomic mass is 10.0. The molecule has 0 bridgehead atoms. The molecule has 0 N–H and O–H groups in total. The maximum Gasteiger partial charge on any atom is 0.159 e. The summed E-state index contributed by atoms with van der Waals surface area (Å²) in [5.41, 5.74) is 7.96. The smallest absolute Gasteiger partial charge is 0.159 e. The van der Waals surface area contributed by atoms with Gasteiger partial charge in [0.1, 0.15) is 12.4 Å². The number of benzene rings is 2. The van der Waals surface area contributed by atoms with Gasteiger partial charge in [-0.2, -0.15) is 0 Å². The van der Waals surface area contributed by atoms with Crippen LogP contribution in [0.15, 0.2) is 42.6 Å². The highest BCUT2D eigenvalue weighted by molar-refractivity contribution is 5.61. The van der Waals surface area contributed by atoms with Gasteiger partial charge >= 0.3 is 0 Å². The Morgan fingerprint density at radius 3 is 2.44 bits per heavy atom. The Labute approximate surface area is 162 Å². The molecule has 1 heterocycles. The fraction of sp³-hybridized carbons (Fsp3) is 0.333. The fourth-order valence-electron chi connectivity index (χ4n) is 3.04. The third kappa shape index (κ3) is 4.19. The van der Waals surface area contributed by atoms with Gasteiger partial charge in [-0.05, 0) is 61.9 Å². The van der Waals surface area contributed by atoms with Crippen molar-refractivity contribution in [1.29, 1.82) is 0 Å². The van der Waals surface area contributed by atoms with E-state index in [0.29, 0.717) is 12.5 Å². The molecule has 0 saturated heterocycles. The highest BCUT2D eigenvalue weighted by Gasteiger charge is 2.11. The predicted octanol–water partition coefficient (Wildman–Crippen LogP) is 6.08. The van der Waals surface area contributed by atoms with Gasteiger partial charge in [-0.15, -0.1) is 0 Å². The Kier molecular flexibility index (Phi) is 5.59. The molecule has 27 heavy (non-hydrogen) atoms. The van der Waals surface area contributed by atoms with Crippen molar-refractivity contribution >= 4 is 0 Å². The minimum Gasteiger partial charge on any atom is -0.488 e. The molecule has 0 fully saturated rings. The van der Waals surface area contributed by atoms with Crippen molar-refractivity contribution in [1.82, 2.24) is 9.97 Å². The van der Waals surface area contributed by atoms with Gasteiger partial charge in [-0.1, -0.05) is 44.2 Å². The lowest BCUT2D eigenvalue weighted by molar-refractivity contribution is 0.302. The number of aryl methyl sites for hydroxylation is 3. The van der Waals surface area contributed by atoms with Crippen LogP contribution in [-0.2, 0) is 6.61 Å². The van der Waals surface area contributed by atoms with Crippen molar-refractivity contribution in [3.05, 3.63) is 76.1 Å². The molecule has 140 valence electrons. The van der Waals surface area contributed by atoms with Crippen LogP contribution in [0.3, 0.4) is 0 Å². The molecule has 2 aromatic carbocycles. The van der Waals surface area contributed by atoms with E-state index in [2.05, 4.69) is 76.0 Å². The number of aromatic nitrogens is 2. The quantitative estimate of drug-likeness (QED) is 0.553. The monoisotopic (exact) mass is 360 g/mol. The van der Waals surface area contributed by atoms with Crippen LogP contribution in [0.1, 0.15) is 53.3 Å². The summed E-state index contributed by atoms with van der Waals surface area (Å²) in [5.74, 6) is 2.18. The molecule has 3 heteroatoms. The number of rotatable bonds is 5. The molecule has 0 aliphatic rings. The van der Waals surface area contributed by atoms with Crippen LogP contribution in [0.5, 0.6) is 5.75 Å². The SMILES string of the molecule is Cc1ccc(C(C)C)cc1OCc1cnc(-c2cccc(C)c2C)nc1C. The first-order valence-electron chi connectivity index (χ1n) is 9.49. The summed E-state index contributed by atoms with van der Waals surface area (Å²) in [6, 6.07) is 12.7. The molecular formula is C24H28N2O. The van der Waals surface area contributed by atoms with E-state index >= 15 is 0 Å². The minimum atomic E-state index is 0.474. The van der Waals surface area contributed by atoms with Crippen molar-refractivity contribution < 1.29 is 4.74 Å². The van der Waals surface area contributed by atoms with E-state index in [9.17, 15) is 0 Å². The number of hydrogen-bond acceptors (Lipinski definition) is 3. The molecule has 0 radical (unpaired) electrons. The third-order valence-electron chi connectivity index (χ3n) is 5.19. The van der Waals surface area contributed by atoms with Crippen LogP contribution >= 0.6 is 0 Å². The second kappa shape index (κ2) is 7.91.